The molecule has 0 saturated carbocycles. The third kappa shape index (κ3) is 7.10. The van der Waals surface area contributed by atoms with Crippen molar-refractivity contribution >= 4 is 33.7 Å². The summed E-state index contributed by atoms with van der Waals surface area (Å²) in [7, 11) is 2.70. The average molecular weight is 603 g/mol. The molecule has 0 fully saturated rings. The van der Waals surface area contributed by atoms with Crippen LogP contribution in [0, 0.1) is 10.1 Å². The zero-order valence-corrected chi connectivity index (χ0v) is 23.4. The standard InChI is InChI=1S/C29H25F3N2O7S/c1-17(21-6-4-5-7-22(21)29(30,31)32)41-25-15-26(42-27(25)28(35)39-3)33-23-13-12-20(14-24(23)34(36)37)40-16-18-8-10-19(38-2)11-9-18/h4-15,17,33H,16H2,1-3H3/t17-/m1/s1. The summed E-state index contributed by atoms with van der Waals surface area (Å²) in [4.78, 5) is 23.7. The van der Waals surface area contributed by atoms with Crippen molar-refractivity contribution < 1.29 is 41.8 Å². The Morgan fingerprint density at radius 2 is 1.71 bits per heavy atom. The molecule has 0 aliphatic rings. The minimum Gasteiger partial charge on any atom is -0.497 e. The molecule has 9 nitrogen and oxygen atoms in total. The Morgan fingerprint density at radius 1 is 1.02 bits per heavy atom. The lowest BCUT2D eigenvalue weighted by Crippen LogP contribution is -2.14. The van der Waals surface area contributed by atoms with Gasteiger partial charge in [-0.2, -0.15) is 13.2 Å². The number of nitro groups is 1. The number of nitro benzene ring substituents is 1. The number of alkyl halides is 3. The lowest BCUT2D eigenvalue weighted by Gasteiger charge is -2.19. The Labute approximate surface area is 242 Å². The first-order chi connectivity index (χ1) is 20.0. The van der Waals surface area contributed by atoms with Crippen molar-refractivity contribution in [2.24, 2.45) is 0 Å². The third-order valence-corrected chi connectivity index (χ3v) is 7.08. The van der Waals surface area contributed by atoms with Gasteiger partial charge in [0.05, 0.1) is 35.8 Å². The Bertz CT molecular complexity index is 1570. The van der Waals surface area contributed by atoms with Crippen LogP contribution in [0.25, 0.3) is 0 Å². The first kappa shape index (κ1) is 30.2. The van der Waals surface area contributed by atoms with Crippen molar-refractivity contribution in [1.29, 1.82) is 0 Å². The maximum absolute atomic E-state index is 13.5. The highest BCUT2D eigenvalue weighted by atomic mass is 32.1. The van der Waals surface area contributed by atoms with E-state index in [0.29, 0.717) is 5.75 Å². The second kappa shape index (κ2) is 12.8. The fourth-order valence-corrected chi connectivity index (χ4v) is 4.92. The number of nitrogens with zero attached hydrogens (tertiary/aromatic N) is 1. The molecule has 0 bridgehead atoms. The Balaban J connectivity index is 1.57. The largest absolute Gasteiger partial charge is 0.497 e. The van der Waals surface area contributed by atoms with E-state index in [2.05, 4.69) is 5.32 Å². The number of methoxy groups -OCH3 is 2. The minimum atomic E-state index is -4.61. The van der Waals surface area contributed by atoms with Gasteiger partial charge >= 0.3 is 12.1 Å². The molecule has 4 rings (SSSR count). The van der Waals surface area contributed by atoms with Crippen LogP contribution < -0.4 is 19.5 Å². The van der Waals surface area contributed by atoms with Gasteiger partial charge in [-0.1, -0.05) is 30.3 Å². The van der Waals surface area contributed by atoms with Gasteiger partial charge in [-0.15, -0.1) is 11.3 Å². The summed E-state index contributed by atoms with van der Waals surface area (Å²) in [5, 5.41) is 15.0. The van der Waals surface area contributed by atoms with Crippen LogP contribution in [0.4, 0.5) is 29.5 Å². The van der Waals surface area contributed by atoms with Crippen molar-refractivity contribution in [3.05, 3.63) is 104 Å². The van der Waals surface area contributed by atoms with Crippen molar-refractivity contribution in [3.63, 3.8) is 0 Å². The van der Waals surface area contributed by atoms with Gasteiger partial charge in [0.25, 0.3) is 5.69 Å². The number of nitrogens with one attached hydrogen (secondary N) is 1. The Morgan fingerprint density at radius 3 is 2.36 bits per heavy atom. The number of hydrogen-bond acceptors (Lipinski definition) is 9. The third-order valence-electron chi connectivity index (χ3n) is 6.07. The highest BCUT2D eigenvalue weighted by Crippen LogP contribution is 2.41. The van der Waals surface area contributed by atoms with Gasteiger partial charge in [0.2, 0.25) is 0 Å². The maximum atomic E-state index is 13.5. The Hall–Kier alpha value is -4.78. The van der Waals surface area contributed by atoms with Crippen LogP contribution in [0.15, 0.2) is 72.8 Å². The topological polar surface area (TPSA) is 109 Å². The van der Waals surface area contributed by atoms with Gasteiger partial charge in [-0.05, 0) is 42.8 Å². The van der Waals surface area contributed by atoms with E-state index in [9.17, 15) is 28.1 Å². The summed E-state index contributed by atoms with van der Waals surface area (Å²) in [6.45, 7) is 1.59. The van der Waals surface area contributed by atoms with Gasteiger partial charge in [0.15, 0.2) is 4.88 Å². The van der Waals surface area contributed by atoms with Crippen molar-refractivity contribution in [3.8, 4) is 17.2 Å². The Kier molecular flexibility index (Phi) is 9.21. The van der Waals surface area contributed by atoms with Gasteiger partial charge < -0.3 is 24.3 Å². The van der Waals surface area contributed by atoms with Crippen LogP contribution in [0.2, 0.25) is 0 Å². The second-order valence-electron chi connectivity index (χ2n) is 8.84. The molecule has 0 aliphatic heterocycles. The molecule has 0 spiro atoms. The fourth-order valence-electron chi connectivity index (χ4n) is 4.00. The highest BCUT2D eigenvalue weighted by molar-refractivity contribution is 7.18. The van der Waals surface area contributed by atoms with Crippen LogP contribution in [0.1, 0.15) is 39.4 Å². The molecule has 1 aromatic heterocycles. The molecule has 220 valence electrons. The number of esters is 1. The molecular formula is C29H25F3N2O7S. The summed E-state index contributed by atoms with van der Waals surface area (Å²) in [5.74, 6) is 0.116. The number of carbonyl (C=O) groups excluding carboxylic acids is 1. The smallest absolute Gasteiger partial charge is 0.416 e. The van der Waals surface area contributed by atoms with Crippen LogP contribution >= 0.6 is 11.3 Å². The first-order valence-corrected chi connectivity index (χ1v) is 13.2. The molecule has 13 heteroatoms. The highest BCUT2D eigenvalue weighted by Gasteiger charge is 2.35. The van der Waals surface area contributed by atoms with E-state index < -0.39 is 28.7 Å². The lowest BCUT2D eigenvalue weighted by atomic mass is 10.0. The number of rotatable bonds is 11. The molecule has 1 heterocycles. The maximum Gasteiger partial charge on any atom is 0.416 e. The van der Waals surface area contributed by atoms with E-state index in [1.807, 2.05) is 0 Å². The van der Waals surface area contributed by atoms with E-state index in [4.69, 9.17) is 18.9 Å². The molecule has 0 aliphatic carbocycles. The van der Waals surface area contributed by atoms with Gasteiger partial charge in [0.1, 0.15) is 35.6 Å². The number of halogens is 3. The number of thiophene rings is 1. The summed E-state index contributed by atoms with van der Waals surface area (Å²) >= 11 is 0.872. The van der Waals surface area contributed by atoms with Gasteiger partial charge in [-0.3, -0.25) is 10.1 Å². The predicted molar refractivity (Wildman–Crippen MR) is 150 cm³/mol. The van der Waals surface area contributed by atoms with Crippen LogP contribution in [-0.4, -0.2) is 25.1 Å². The molecule has 0 saturated heterocycles. The van der Waals surface area contributed by atoms with Crippen molar-refractivity contribution in [1.82, 2.24) is 0 Å². The number of anilines is 2. The molecular weight excluding hydrogens is 577 g/mol. The van der Waals surface area contributed by atoms with Crippen LogP contribution in [0.5, 0.6) is 17.2 Å². The molecule has 0 unspecified atom stereocenters. The van der Waals surface area contributed by atoms with E-state index >= 15 is 0 Å². The minimum absolute atomic E-state index is 0.0292. The molecule has 4 aromatic rings. The van der Waals surface area contributed by atoms with Crippen LogP contribution in [-0.2, 0) is 17.5 Å². The van der Waals surface area contributed by atoms with Gasteiger partial charge in [0, 0.05) is 11.6 Å². The number of benzene rings is 3. The molecule has 0 radical (unpaired) electrons. The monoisotopic (exact) mass is 602 g/mol. The summed E-state index contributed by atoms with van der Waals surface area (Å²) in [5.41, 5.74) is -0.367. The van der Waals surface area contributed by atoms with Crippen molar-refractivity contribution in [2.75, 3.05) is 19.5 Å². The average Bonchev–Trinajstić information content (AvgIpc) is 3.37. The molecule has 1 N–H and O–H groups in total. The van der Waals surface area contributed by atoms with Gasteiger partial charge in [-0.25, -0.2) is 4.79 Å². The van der Waals surface area contributed by atoms with E-state index in [1.165, 1.54) is 43.3 Å². The lowest BCUT2D eigenvalue weighted by molar-refractivity contribution is -0.384. The number of carbonyl (C=O) groups is 1. The van der Waals surface area contributed by atoms with E-state index in [1.54, 1.807) is 37.4 Å². The zero-order chi connectivity index (χ0) is 30.4. The fraction of sp³-hybridized carbons (Fsp3) is 0.207. The summed E-state index contributed by atoms with van der Waals surface area (Å²) in [6.07, 6.45) is -5.70. The predicted octanol–water partition coefficient (Wildman–Crippen LogP) is 7.93. The molecule has 3 aromatic carbocycles. The molecule has 42 heavy (non-hydrogen) atoms. The quantitative estimate of drug-likeness (QED) is 0.105. The van der Waals surface area contributed by atoms with E-state index in [0.717, 1.165) is 30.1 Å². The summed E-state index contributed by atoms with van der Waals surface area (Å²) < 4.78 is 62.1. The van der Waals surface area contributed by atoms with Crippen LogP contribution in [0.3, 0.4) is 0 Å². The second-order valence-corrected chi connectivity index (χ2v) is 9.89. The zero-order valence-electron chi connectivity index (χ0n) is 22.6. The SMILES string of the molecule is COC(=O)c1sc(Nc2ccc(OCc3ccc(OC)cc3)cc2[N+](=O)[O-])cc1O[C@H](C)c1ccccc1C(F)(F)F. The number of hydrogen-bond donors (Lipinski definition) is 1. The molecule has 0 amide bonds. The summed E-state index contributed by atoms with van der Waals surface area (Å²) in [6, 6.07) is 17.7. The number of ether oxygens (including phenoxy) is 4. The normalized spacial score (nSPS) is 11.9. The van der Waals surface area contributed by atoms with Crippen molar-refractivity contribution in [2.45, 2.75) is 25.8 Å². The van der Waals surface area contributed by atoms with E-state index in [-0.39, 0.29) is 44.9 Å². The molecule has 1 atom stereocenters. The first-order valence-electron chi connectivity index (χ1n) is 12.4.